The van der Waals surface area contributed by atoms with Gasteiger partial charge in [0.2, 0.25) is 11.8 Å². The van der Waals surface area contributed by atoms with Gasteiger partial charge in [0, 0.05) is 11.1 Å². The number of carbonyl (C=O) groups is 4. The Kier molecular flexibility index (Phi) is 6.86. The Morgan fingerprint density at radius 1 is 0.775 bits per heavy atom. The zero-order chi connectivity index (χ0) is 27.6. The van der Waals surface area contributed by atoms with Gasteiger partial charge in [-0.15, -0.1) is 0 Å². The topological polar surface area (TPSA) is 92.8 Å². The van der Waals surface area contributed by atoms with Crippen LogP contribution in [0.25, 0.3) is 10.8 Å². The summed E-state index contributed by atoms with van der Waals surface area (Å²) in [6.45, 7) is -0.446. The molecule has 2 fully saturated rings. The standard InChI is InChI=1S/C33H28N2O5/c36-30(34-29-12-6-10-22-9-4-5-11-26(22)29)20-40-33(39)23-13-16-25(17-14-23)35-31(37)27-18-15-24(19-28(27)32(35)38)21-7-2-1-3-8-21/h1-14,16-17,24,27-28H,15,18-20H2,(H,34,36)/t24-,27+,28+/m0/s1. The quantitative estimate of drug-likeness (QED) is 0.254. The average Bonchev–Trinajstić information content (AvgIpc) is 3.25. The molecule has 200 valence electrons. The maximum Gasteiger partial charge on any atom is 0.338 e. The van der Waals surface area contributed by atoms with Crippen LogP contribution in [0, 0.1) is 11.8 Å². The molecule has 2 aliphatic rings. The number of carbonyl (C=O) groups excluding carboxylic acids is 4. The number of nitrogens with one attached hydrogen (secondary N) is 1. The summed E-state index contributed by atoms with van der Waals surface area (Å²) < 4.78 is 5.21. The van der Waals surface area contributed by atoms with Crippen LogP contribution < -0.4 is 10.2 Å². The van der Waals surface area contributed by atoms with Gasteiger partial charge in [0.15, 0.2) is 6.61 Å². The lowest BCUT2D eigenvalue weighted by atomic mass is 9.73. The van der Waals surface area contributed by atoms with E-state index in [1.807, 2.05) is 54.6 Å². The predicted molar refractivity (Wildman–Crippen MR) is 152 cm³/mol. The first kappa shape index (κ1) is 25.5. The van der Waals surface area contributed by atoms with E-state index >= 15 is 0 Å². The predicted octanol–water partition coefficient (Wildman–Crippen LogP) is 5.71. The summed E-state index contributed by atoms with van der Waals surface area (Å²) >= 11 is 0. The van der Waals surface area contributed by atoms with Gasteiger partial charge in [-0.2, -0.15) is 0 Å². The molecule has 1 aliphatic heterocycles. The second kappa shape index (κ2) is 10.8. The smallest absolute Gasteiger partial charge is 0.338 e. The molecule has 1 saturated carbocycles. The molecule has 6 rings (SSSR count). The van der Waals surface area contributed by atoms with E-state index in [2.05, 4.69) is 17.4 Å². The molecule has 1 aliphatic carbocycles. The van der Waals surface area contributed by atoms with Gasteiger partial charge in [-0.05, 0) is 66.5 Å². The van der Waals surface area contributed by atoms with E-state index in [1.165, 1.54) is 22.6 Å². The monoisotopic (exact) mass is 532 g/mol. The maximum absolute atomic E-state index is 13.3. The van der Waals surface area contributed by atoms with E-state index in [0.29, 0.717) is 24.2 Å². The SMILES string of the molecule is O=C(COC(=O)c1ccc(N2C(=O)[C@@H]3CC[C@H](c4ccccc4)C[C@H]3C2=O)cc1)Nc1cccc2ccccc12. The maximum atomic E-state index is 13.3. The van der Waals surface area contributed by atoms with Crippen molar-refractivity contribution in [3.05, 3.63) is 108 Å². The highest BCUT2D eigenvalue weighted by atomic mass is 16.5. The Labute approximate surface area is 231 Å². The number of rotatable bonds is 6. The van der Waals surface area contributed by atoms with Gasteiger partial charge in [0.05, 0.1) is 23.1 Å². The van der Waals surface area contributed by atoms with E-state index < -0.39 is 18.5 Å². The molecular weight excluding hydrogens is 504 g/mol. The van der Waals surface area contributed by atoms with E-state index in [-0.39, 0.29) is 35.1 Å². The third-order valence-electron chi connectivity index (χ3n) is 7.96. The van der Waals surface area contributed by atoms with E-state index in [4.69, 9.17) is 4.74 Å². The van der Waals surface area contributed by atoms with Crippen LogP contribution in [0.15, 0.2) is 97.1 Å². The number of hydrogen-bond donors (Lipinski definition) is 1. The Morgan fingerprint density at radius 2 is 1.48 bits per heavy atom. The zero-order valence-electron chi connectivity index (χ0n) is 21.8. The molecule has 7 nitrogen and oxygen atoms in total. The van der Waals surface area contributed by atoms with Gasteiger partial charge in [0.25, 0.3) is 5.91 Å². The number of fused-ring (bicyclic) bond motifs is 2. The van der Waals surface area contributed by atoms with Crippen molar-refractivity contribution in [3.8, 4) is 0 Å². The molecule has 4 aromatic rings. The van der Waals surface area contributed by atoms with Crippen LogP contribution in [0.5, 0.6) is 0 Å². The van der Waals surface area contributed by atoms with Crippen molar-refractivity contribution in [1.29, 1.82) is 0 Å². The van der Waals surface area contributed by atoms with Crippen molar-refractivity contribution in [1.82, 2.24) is 0 Å². The number of anilines is 2. The van der Waals surface area contributed by atoms with Crippen molar-refractivity contribution < 1.29 is 23.9 Å². The van der Waals surface area contributed by atoms with Gasteiger partial charge in [-0.3, -0.25) is 19.3 Å². The fourth-order valence-electron chi connectivity index (χ4n) is 5.94. The summed E-state index contributed by atoms with van der Waals surface area (Å²) in [6, 6.07) is 29.6. The number of nitrogens with zero attached hydrogens (tertiary/aromatic N) is 1. The zero-order valence-corrected chi connectivity index (χ0v) is 21.8. The van der Waals surface area contributed by atoms with E-state index in [9.17, 15) is 19.2 Å². The first-order valence-electron chi connectivity index (χ1n) is 13.5. The summed E-state index contributed by atoms with van der Waals surface area (Å²) in [5.41, 5.74) is 2.50. The Bertz CT molecular complexity index is 1590. The molecule has 1 N–H and O–H groups in total. The van der Waals surface area contributed by atoms with Crippen LogP contribution >= 0.6 is 0 Å². The second-order valence-electron chi connectivity index (χ2n) is 10.3. The highest BCUT2D eigenvalue weighted by Crippen LogP contribution is 2.45. The molecule has 3 amide bonds. The minimum atomic E-state index is -0.668. The fraction of sp³-hybridized carbons (Fsp3) is 0.212. The molecule has 1 heterocycles. The molecule has 0 radical (unpaired) electrons. The molecular formula is C33H28N2O5. The highest BCUT2D eigenvalue weighted by molar-refractivity contribution is 6.22. The van der Waals surface area contributed by atoms with Gasteiger partial charge in [0.1, 0.15) is 0 Å². The first-order chi connectivity index (χ1) is 19.5. The van der Waals surface area contributed by atoms with Crippen molar-refractivity contribution in [2.75, 3.05) is 16.8 Å². The third-order valence-corrected chi connectivity index (χ3v) is 7.96. The van der Waals surface area contributed by atoms with Crippen molar-refractivity contribution in [3.63, 3.8) is 0 Å². The minimum Gasteiger partial charge on any atom is -0.452 e. The summed E-state index contributed by atoms with van der Waals surface area (Å²) in [7, 11) is 0. The number of imide groups is 1. The molecule has 1 saturated heterocycles. The number of hydrogen-bond acceptors (Lipinski definition) is 5. The molecule has 7 heteroatoms. The third kappa shape index (κ3) is 4.86. The van der Waals surface area contributed by atoms with E-state index in [1.54, 1.807) is 18.2 Å². The van der Waals surface area contributed by atoms with Crippen LogP contribution in [0.3, 0.4) is 0 Å². The van der Waals surface area contributed by atoms with Gasteiger partial charge >= 0.3 is 5.97 Å². The molecule has 3 atom stereocenters. The normalized spacial score (nSPS) is 20.3. The lowest BCUT2D eigenvalue weighted by Crippen LogP contribution is -2.30. The fourth-order valence-corrected chi connectivity index (χ4v) is 5.94. The largest absolute Gasteiger partial charge is 0.452 e. The molecule has 0 spiro atoms. The minimum absolute atomic E-state index is 0.179. The van der Waals surface area contributed by atoms with Gasteiger partial charge in [-0.1, -0.05) is 66.7 Å². The van der Waals surface area contributed by atoms with Crippen LogP contribution in [-0.2, 0) is 19.1 Å². The Balaban J connectivity index is 1.08. The average molecular weight is 533 g/mol. The first-order valence-corrected chi connectivity index (χ1v) is 13.5. The molecule has 0 bridgehead atoms. The van der Waals surface area contributed by atoms with Crippen molar-refractivity contribution in [2.24, 2.45) is 11.8 Å². The van der Waals surface area contributed by atoms with Crippen molar-refractivity contribution in [2.45, 2.75) is 25.2 Å². The van der Waals surface area contributed by atoms with Crippen LogP contribution in [0.4, 0.5) is 11.4 Å². The van der Waals surface area contributed by atoms with E-state index in [0.717, 1.165) is 17.2 Å². The lowest BCUT2D eigenvalue weighted by Gasteiger charge is -2.28. The number of esters is 1. The summed E-state index contributed by atoms with van der Waals surface area (Å²) in [5, 5.41) is 4.67. The Morgan fingerprint density at radius 3 is 2.27 bits per heavy atom. The second-order valence-corrected chi connectivity index (χ2v) is 10.3. The number of amides is 3. The van der Waals surface area contributed by atoms with Crippen LogP contribution in [0.1, 0.15) is 41.1 Å². The summed E-state index contributed by atoms with van der Waals surface area (Å²) in [6.07, 6.45) is 2.20. The molecule has 40 heavy (non-hydrogen) atoms. The van der Waals surface area contributed by atoms with Gasteiger partial charge < -0.3 is 10.1 Å². The summed E-state index contributed by atoms with van der Waals surface area (Å²) in [4.78, 5) is 52.8. The molecule has 0 unspecified atom stereocenters. The number of benzene rings is 4. The van der Waals surface area contributed by atoms with Crippen LogP contribution in [0.2, 0.25) is 0 Å². The molecule has 4 aromatic carbocycles. The summed E-state index contributed by atoms with van der Waals surface area (Å²) in [5.74, 6) is -1.87. The lowest BCUT2D eigenvalue weighted by molar-refractivity contribution is -0.122. The highest BCUT2D eigenvalue weighted by Gasteiger charge is 2.50. The van der Waals surface area contributed by atoms with Crippen LogP contribution in [-0.4, -0.2) is 30.3 Å². The van der Waals surface area contributed by atoms with Crippen molar-refractivity contribution >= 4 is 45.8 Å². The Hall–Kier alpha value is -4.78. The molecule has 0 aromatic heterocycles. The number of ether oxygens (including phenoxy) is 1. The van der Waals surface area contributed by atoms with Gasteiger partial charge in [-0.25, -0.2) is 4.79 Å².